The van der Waals surface area contributed by atoms with Crippen molar-refractivity contribution in [2.45, 2.75) is 0 Å². The van der Waals surface area contributed by atoms with E-state index in [4.69, 9.17) is 10.5 Å². The molecular weight excluding hydrogens is 276 g/mol. The largest absolute Gasteiger partial charge is 0.504 e. The third-order valence-electron chi connectivity index (χ3n) is 3.53. The van der Waals surface area contributed by atoms with Crippen molar-refractivity contribution in [3.63, 3.8) is 0 Å². The lowest BCUT2D eigenvalue weighted by Crippen LogP contribution is -1.89. The Kier molecular flexibility index (Phi) is 3.66. The van der Waals surface area contributed by atoms with Gasteiger partial charge in [0, 0.05) is 28.2 Å². The van der Waals surface area contributed by atoms with E-state index in [0.717, 1.165) is 22.1 Å². The zero-order chi connectivity index (χ0) is 15.5. The summed E-state index contributed by atoms with van der Waals surface area (Å²) >= 11 is 0. The second-order valence-corrected chi connectivity index (χ2v) is 4.88. The Morgan fingerprint density at radius 2 is 1.77 bits per heavy atom. The Balaban J connectivity index is 2.06. The molecule has 0 amide bonds. The molecule has 0 unspecified atom stereocenters. The SMILES string of the molecule is COc1cccc(C=Nc2ccc(N)c3ccccc23)c1O. The lowest BCUT2D eigenvalue weighted by atomic mass is 10.1. The number of anilines is 1. The van der Waals surface area contributed by atoms with Gasteiger partial charge in [-0.25, -0.2) is 0 Å². The van der Waals surface area contributed by atoms with Gasteiger partial charge in [0.15, 0.2) is 11.5 Å². The molecule has 0 atom stereocenters. The molecule has 4 nitrogen and oxygen atoms in total. The van der Waals surface area contributed by atoms with E-state index in [9.17, 15) is 5.11 Å². The smallest absolute Gasteiger partial charge is 0.166 e. The molecule has 3 rings (SSSR count). The molecule has 0 aliphatic carbocycles. The predicted molar refractivity (Wildman–Crippen MR) is 90.3 cm³/mol. The van der Waals surface area contributed by atoms with Gasteiger partial charge in [-0.3, -0.25) is 4.99 Å². The summed E-state index contributed by atoms with van der Waals surface area (Å²) in [7, 11) is 1.52. The number of nitrogens with two attached hydrogens (primary N) is 1. The Bertz CT molecular complexity index is 857. The molecule has 0 saturated heterocycles. The number of aliphatic imine (C=N–C) groups is 1. The summed E-state index contributed by atoms with van der Waals surface area (Å²) in [5, 5.41) is 12.0. The van der Waals surface area contributed by atoms with Gasteiger partial charge in [0.05, 0.1) is 12.8 Å². The Morgan fingerprint density at radius 1 is 1.00 bits per heavy atom. The van der Waals surface area contributed by atoms with Crippen LogP contribution in [-0.4, -0.2) is 18.4 Å². The van der Waals surface area contributed by atoms with Crippen LogP contribution in [0.25, 0.3) is 10.8 Å². The molecule has 3 aromatic carbocycles. The van der Waals surface area contributed by atoms with Crippen molar-refractivity contribution in [3.05, 3.63) is 60.2 Å². The molecule has 0 aliphatic heterocycles. The zero-order valence-electron chi connectivity index (χ0n) is 12.2. The number of rotatable bonds is 3. The van der Waals surface area contributed by atoms with Crippen LogP contribution < -0.4 is 10.5 Å². The molecule has 0 spiro atoms. The number of methoxy groups -OCH3 is 1. The number of hydrogen-bond donors (Lipinski definition) is 2. The van der Waals surface area contributed by atoms with E-state index in [1.54, 1.807) is 24.4 Å². The molecule has 0 fully saturated rings. The fourth-order valence-corrected chi connectivity index (χ4v) is 2.37. The number of phenolic OH excluding ortho intramolecular Hbond substituents is 1. The summed E-state index contributed by atoms with van der Waals surface area (Å²) in [6.45, 7) is 0. The monoisotopic (exact) mass is 292 g/mol. The molecule has 3 N–H and O–H groups in total. The number of ether oxygens (including phenoxy) is 1. The van der Waals surface area contributed by atoms with Crippen molar-refractivity contribution in [1.29, 1.82) is 0 Å². The summed E-state index contributed by atoms with van der Waals surface area (Å²) in [5.41, 5.74) is 8.10. The van der Waals surface area contributed by atoms with Gasteiger partial charge in [-0.05, 0) is 24.3 Å². The third kappa shape index (κ3) is 2.46. The van der Waals surface area contributed by atoms with Crippen molar-refractivity contribution < 1.29 is 9.84 Å². The molecule has 0 aliphatic rings. The molecule has 0 aromatic heterocycles. The summed E-state index contributed by atoms with van der Waals surface area (Å²) in [5.74, 6) is 0.500. The maximum atomic E-state index is 10.1. The average Bonchev–Trinajstić information content (AvgIpc) is 2.56. The first-order chi connectivity index (χ1) is 10.7. The molecule has 0 bridgehead atoms. The minimum absolute atomic E-state index is 0.0773. The van der Waals surface area contributed by atoms with E-state index in [0.29, 0.717) is 11.3 Å². The topological polar surface area (TPSA) is 67.8 Å². The first kappa shape index (κ1) is 13.9. The average molecular weight is 292 g/mol. The van der Waals surface area contributed by atoms with E-state index in [-0.39, 0.29) is 5.75 Å². The van der Waals surface area contributed by atoms with Crippen LogP contribution in [0.4, 0.5) is 11.4 Å². The summed E-state index contributed by atoms with van der Waals surface area (Å²) in [4.78, 5) is 4.49. The van der Waals surface area contributed by atoms with Gasteiger partial charge in [0.25, 0.3) is 0 Å². The highest BCUT2D eigenvalue weighted by Gasteiger charge is 2.06. The maximum Gasteiger partial charge on any atom is 0.166 e. The maximum absolute atomic E-state index is 10.1. The Hall–Kier alpha value is -3.01. The van der Waals surface area contributed by atoms with Crippen LogP contribution in [0.2, 0.25) is 0 Å². The van der Waals surface area contributed by atoms with Gasteiger partial charge in [0.2, 0.25) is 0 Å². The Morgan fingerprint density at radius 3 is 2.55 bits per heavy atom. The van der Waals surface area contributed by atoms with E-state index in [1.165, 1.54) is 7.11 Å². The predicted octanol–water partition coefficient (Wildman–Crippen LogP) is 3.89. The lowest BCUT2D eigenvalue weighted by Gasteiger charge is -2.06. The first-order valence-electron chi connectivity index (χ1n) is 6.88. The van der Waals surface area contributed by atoms with Crippen LogP contribution in [0, 0.1) is 0 Å². The molecule has 110 valence electrons. The van der Waals surface area contributed by atoms with Crippen molar-refractivity contribution in [1.82, 2.24) is 0 Å². The van der Waals surface area contributed by atoms with Crippen LogP contribution in [0.3, 0.4) is 0 Å². The highest BCUT2D eigenvalue weighted by atomic mass is 16.5. The minimum Gasteiger partial charge on any atom is -0.504 e. The van der Waals surface area contributed by atoms with Crippen LogP contribution in [0.5, 0.6) is 11.5 Å². The van der Waals surface area contributed by atoms with Crippen LogP contribution >= 0.6 is 0 Å². The van der Waals surface area contributed by atoms with E-state index in [2.05, 4.69) is 4.99 Å². The molecule has 4 heteroatoms. The summed E-state index contributed by atoms with van der Waals surface area (Å²) < 4.78 is 5.10. The number of nitrogen functional groups attached to an aromatic ring is 1. The number of fused-ring (bicyclic) bond motifs is 1. The highest BCUT2D eigenvalue weighted by molar-refractivity contribution is 6.01. The molecule has 3 aromatic rings. The van der Waals surface area contributed by atoms with Gasteiger partial charge in [-0.1, -0.05) is 30.3 Å². The van der Waals surface area contributed by atoms with E-state index in [1.807, 2.05) is 36.4 Å². The molecule has 0 radical (unpaired) electrons. The molecule has 22 heavy (non-hydrogen) atoms. The number of hydrogen-bond acceptors (Lipinski definition) is 4. The van der Waals surface area contributed by atoms with Crippen molar-refractivity contribution in [2.75, 3.05) is 12.8 Å². The third-order valence-corrected chi connectivity index (χ3v) is 3.53. The normalized spacial score (nSPS) is 11.1. The fraction of sp³-hybridized carbons (Fsp3) is 0.0556. The fourth-order valence-electron chi connectivity index (χ4n) is 2.37. The number of aromatic hydroxyl groups is 1. The van der Waals surface area contributed by atoms with Crippen LogP contribution in [-0.2, 0) is 0 Å². The molecule has 0 saturated carbocycles. The quantitative estimate of drug-likeness (QED) is 0.568. The van der Waals surface area contributed by atoms with Gasteiger partial charge >= 0.3 is 0 Å². The molecular formula is C18H16N2O2. The van der Waals surface area contributed by atoms with Crippen molar-refractivity contribution in [3.8, 4) is 11.5 Å². The second kappa shape index (κ2) is 5.77. The summed E-state index contributed by atoms with van der Waals surface area (Å²) in [6.07, 6.45) is 1.62. The van der Waals surface area contributed by atoms with Crippen LogP contribution in [0.1, 0.15) is 5.56 Å². The molecule has 0 heterocycles. The van der Waals surface area contributed by atoms with Gasteiger partial charge in [-0.2, -0.15) is 0 Å². The standard InChI is InChI=1S/C18H16N2O2/c1-22-17-8-4-5-12(18(17)21)11-20-16-10-9-15(19)13-6-2-3-7-14(13)16/h2-11,21H,19H2,1H3. The van der Waals surface area contributed by atoms with E-state index < -0.39 is 0 Å². The van der Waals surface area contributed by atoms with Crippen molar-refractivity contribution >= 4 is 28.4 Å². The number of benzene rings is 3. The number of para-hydroxylation sites is 1. The van der Waals surface area contributed by atoms with Crippen LogP contribution in [0.15, 0.2) is 59.6 Å². The Labute approximate surface area is 128 Å². The highest BCUT2D eigenvalue weighted by Crippen LogP contribution is 2.32. The minimum atomic E-state index is 0.0773. The van der Waals surface area contributed by atoms with Gasteiger partial charge < -0.3 is 15.6 Å². The zero-order valence-corrected chi connectivity index (χ0v) is 12.2. The first-order valence-corrected chi connectivity index (χ1v) is 6.88. The van der Waals surface area contributed by atoms with Gasteiger partial charge in [0.1, 0.15) is 0 Å². The second-order valence-electron chi connectivity index (χ2n) is 4.88. The lowest BCUT2D eigenvalue weighted by molar-refractivity contribution is 0.373. The number of nitrogens with zero attached hydrogens (tertiary/aromatic N) is 1. The van der Waals surface area contributed by atoms with Gasteiger partial charge in [-0.15, -0.1) is 0 Å². The van der Waals surface area contributed by atoms with Crippen molar-refractivity contribution in [2.24, 2.45) is 4.99 Å². The van der Waals surface area contributed by atoms with E-state index >= 15 is 0 Å². The summed E-state index contributed by atoms with van der Waals surface area (Å²) in [6, 6.07) is 16.8. The number of phenols is 1.